The minimum atomic E-state index is -0.510. The summed E-state index contributed by atoms with van der Waals surface area (Å²) in [6.07, 6.45) is 0. The van der Waals surface area contributed by atoms with Gasteiger partial charge in [0.05, 0.1) is 12.2 Å². The van der Waals surface area contributed by atoms with Crippen molar-refractivity contribution in [1.29, 1.82) is 0 Å². The Bertz CT molecular complexity index is 1350. The SMILES string of the molecule is Cc1cc(C)c(C(=O)COC(=O)c2cc3c(C)nn(Cc4ccccc4Cl)c3s2)cc1C. The Morgan fingerprint density at radius 3 is 2.50 bits per heavy atom. The van der Waals surface area contributed by atoms with Gasteiger partial charge >= 0.3 is 5.97 Å². The number of esters is 1. The van der Waals surface area contributed by atoms with E-state index in [-0.39, 0.29) is 12.4 Å². The van der Waals surface area contributed by atoms with Crippen molar-refractivity contribution in [2.24, 2.45) is 0 Å². The lowest BCUT2D eigenvalue weighted by molar-refractivity contribution is 0.0479. The van der Waals surface area contributed by atoms with Crippen LogP contribution in [0.2, 0.25) is 5.02 Å². The highest BCUT2D eigenvalue weighted by molar-refractivity contribution is 7.20. The third-order valence-corrected chi connectivity index (χ3v) is 7.06. The fourth-order valence-corrected chi connectivity index (χ4v) is 4.90. The van der Waals surface area contributed by atoms with Crippen LogP contribution >= 0.6 is 22.9 Å². The number of rotatable bonds is 6. The van der Waals surface area contributed by atoms with Gasteiger partial charge < -0.3 is 4.74 Å². The molecule has 32 heavy (non-hydrogen) atoms. The monoisotopic (exact) mass is 466 g/mol. The number of aryl methyl sites for hydroxylation is 4. The van der Waals surface area contributed by atoms with E-state index in [1.807, 2.05) is 68.8 Å². The maximum Gasteiger partial charge on any atom is 0.348 e. The minimum Gasteiger partial charge on any atom is -0.453 e. The number of fused-ring (bicyclic) bond motifs is 1. The number of carbonyl (C=O) groups is 2. The molecule has 0 saturated carbocycles. The van der Waals surface area contributed by atoms with Crippen molar-refractivity contribution in [1.82, 2.24) is 9.78 Å². The number of halogens is 1. The van der Waals surface area contributed by atoms with Crippen LogP contribution < -0.4 is 0 Å². The Morgan fingerprint density at radius 2 is 1.75 bits per heavy atom. The van der Waals surface area contributed by atoms with Gasteiger partial charge in [0.15, 0.2) is 6.61 Å². The number of Topliss-reactive ketones (excluding diaryl/α,β-unsaturated/α-hetero) is 1. The average Bonchev–Trinajstić information content (AvgIpc) is 3.31. The molecule has 0 aliphatic rings. The summed E-state index contributed by atoms with van der Waals surface area (Å²) in [4.78, 5) is 26.6. The van der Waals surface area contributed by atoms with Gasteiger partial charge in [-0.25, -0.2) is 4.79 Å². The lowest BCUT2D eigenvalue weighted by Gasteiger charge is -2.09. The highest BCUT2D eigenvalue weighted by Gasteiger charge is 2.20. The molecule has 2 heterocycles. The van der Waals surface area contributed by atoms with Gasteiger partial charge in [-0.05, 0) is 68.1 Å². The molecule has 4 rings (SSSR count). The van der Waals surface area contributed by atoms with E-state index in [9.17, 15) is 9.59 Å². The van der Waals surface area contributed by atoms with Crippen LogP contribution in [0.4, 0.5) is 0 Å². The highest BCUT2D eigenvalue weighted by Crippen LogP contribution is 2.30. The molecule has 0 unspecified atom stereocenters. The van der Waals surface area contributed by atoms with Crippen molar-refractivity contribution >= 4 is 44.9 Å². The fourth-order valence-electron chi connectivity index (χ4n) is 3.65. The normalized spacial score (nSPS) is 11.2. The van der Waals surface area contributed by atoms with E-state index in [2.05, 4.69) is 5.10 Å². The van der Waals surface area contributed by atoms with Crippen LogP contribution in [0, 0.1) is 27.7 Å². The number of nitrogens with zero attached hydrogens (tertiary/aromatic N) is 2. The van der Waals surface area contributed by atoms with Crippen LogP contribution in [-0.4, -0.2) is 28.1 Å². The van der Waals surface area contributed by atoms with E-state index in [0.717, 1.165) is 38.2 Å². The first-order valence-electron chi connectivity index (χ1n) is 10.2. The van der Waals surface area contributed by atoms with Gasteiger partial charge in [-0.1, -0.05) is 35.9 Å². The predicted molar refractivity (Wildman–Crippen MR) is 128 cm³/mol. The molecule has 0 amide bonds. The zero-order valence-corrected chi connectivity index (χ0v) is 19.9. The average molecular weight is 467 g/mol. The second kappa shape index (κ2) is 8.88. The number of hydrogen-bond acceptors (Lipinski definition) is 5. The molecule has 0 aliphatic heterocycles. The number of benzene rings is 2. The standard InChI is InChI=1S/C25H23ClN2O3S/c1-14-9-16(3)19(10-15(14)2)22(29)13-31-25(30)23-11-20-17(4)27-28(24(20)32-23)12-18-7-5-6-8-21(18)26/h5-11H,12-13H2,1-4H3. The summed E-state index contributed by atoms with van der Waals surface area (Å²) in [5, 5.41) is 6.15. The van der Waals surface area contributed by atoms with Crippen molar-refractivity contribution < 1.29 is 14.3 Å². The highest BCUT2D eigenvalue weighted by atomic mass is 35.5. The minimum absolute atomic E-state index is 0.207. The molecule has 0 atom stereocenters. The van der Waals surface area contributed by atoms with E-state index in [1.54, 1.807) is 6.07 Å². The predicted octanol–water partition coefficient (Wildman–Crippen LogP) is 6.07. The molecule has 0 fully saturated rings. The van der Waals surface area contributed by atoms with Crippen LogP contribution in [0.15, 0.2) is 42.5 Å². The van der Waals surface area contributed by atoms with Crippen molar-refractivity contribution in [3.05, 3.63) is 85.9 Å². The zero-order chi connectivity index (χ0) is 23.0. The lowest BCUT2D eigenvalue weighted by Crippen LogP contribution is -2.15. The van der Waals surface area contributed by atoms with Gasteiger partial charge in [-0.3, -0.25) is 9.48 Å². The van der Waals surface area contributed by atoms with Gasteiger partial charge in [0.1, 0.15) is 9.71 Å². The summed E-state index contributed by atoms with van der Waals surface area (Å²) < 4.78 is 7.20. The number of ether oxygens (including phenoxy) is 1. The maximum atomic E-state index is 12.7. The van der Waals surface area contributed by atoms with Crippen molar-refractivity contribution in [2.75, 3.05) is 6.61 Å². The molecule has 0 aliphatic carbocycles. The van der Waals surface area contributed by atoms with Gasteiger partial charge in [-0.15, -0.1) is 11.3 Å². The molecule has 0 N–H and O–H groups in total. The first-order chi connectivity index (χ1) is 15.2. The summed E-state index contributed by atoms with van der Waals surface area (Å²) in [5.41, 5.74) is 5.40. The van der Waals surface area contributed by atoms with Crippen molar-refractivity contribution in [3.8, 4) is 0 Å². The third-order valence-electron chi connectivity index (χ3n) is 5.56. The fraction of sp³-hybridized carbons (Fsp3) is 0.240. The van der Waals surface area contributed by atoms with Crippen LogP contribution in [0.5, 0.6) is 0 Å². The smallest absolute Gasteiger partial charge is 0.348 e. The lowest BCUT2D eigenvalue weighted by atomic mass is 9.98. The maximum absolute atomic E-state index is 12.7. The van der Waals surface area contributed by atoms with E-state index in [0.29, 0.717) is 22.0 Å². The van der Waals surface area contributed by atoms with Crippen molar-refractivity contribution in [3.63, 3.8) is 0 Å². The van der Waals surface area contributed by atoms with Crippen LogP contribution in [0.3, 0.4) is 0 Å². The molecule has 5 nitrogen and oxygen atoms in total. The van der Waals surface area contributed by atoms with E-state index in [1.165, 1.54) is 11.3 Å². The number of hydrogen-bond donors (Lipinski definition) is 0. The summed E-state index contributed by atoms with van der Waals surface area (Å²) in [6, 6.07) is 13.2. The Balaban J connectivity index is 1.51. The number of carbonyl (C=O) groups excluding carboxylic acids is 2. The Kier molecular flexibility index (Phi) is 6.17. The molecule has 0 spiro atoms. The molecule has 2 aromatic heterocycles. The van der Waals surface area contributed by atoms with Crippen LogP contribution in [0.1, 0.15) is 48.0 Å². The van der Waals surface area contributed by atoms with Gasteiger partial charge in [-0.2, -0.15) is 5.10 Å². The largest absolute Gasteiger partial charge is 0.453 e. The molecule has 0 radical (unpaired) electrons. The van der Waals surface area contributed by atoms with Crippen LogP contribution in [0.25, 0.3) is 10.2 Å². The zero-order valence-electron chi connectivity index (χ0n) is 18.4. The Labute approximate surface area is 195 Å². The van der Waals surface area contributed by atoms with Gasteiger partial charge in [0.2, 0.25) is 5.78 Å². The molecule has 4 aromatic rings. The third kappa shape index (κ3) is 4.33. The van der Waals surface area contributed by atoms with Gasteiger partial charge in [0.25, 0.3) is 0 Å². The number of ketones is 1. The summed E-state index contributed by atoms with van der Waals surface area (Å²) in [5.74, 6) is -0.717. The first-order valence-corrected chi connectivity index (χ1v) is 11.4. The summed E-state index contributed by atoms with van der Waals surface area (Å²) in [7, 11) is 0. The molecule has 0 saturated heterocycles. The Hall–Kier alpha value is -2.96. The molecule has 2 aromatic carbocycles. The van der Waals surface area contributed by atoms with E-state index < -0.39 is 5.97 Å². The molecular formula is C25H23ClN2O3S. The van der Waals surface area contributed by atoms with E-state index in [4.69, 9.17) is 16.3 Å². The second-order valence-electron chi connectivity index (χ2n) is 7.91. The summed E-state index contributed by atoms with van der Waals surface area (Å²) >= 11 is 7.60. The molecule has 164 valence electrons. The van der Waals surface area contributed by atoms with Crippen molar-refractivity contribution in [2.45, 2.75) is 34.2 Å². The van der Waals surface area contributed by atoms with Crippen LogP contribution in [-0.2, 0) is 11.3 Å². The van der Waals surface area contributed by atoms with E-state index >= 15 is 0 Å². The number of thiophene rings is 1. The first kappa shape index (κ1) is 22.2. The van der Waals surface area contributed by atoms with Gasteiger partial charge in [0, 0.05) is 16.0 Å². The molecular weight excluding hydrogens is 444 g/mol. The molecule has 7 heteroatoms. The molecule has 0 bridgehead atoms. The Morgan fingerprint density at radius 1 is 1.03 bits per heavy atom. The second-order valence-corrected chi connectivity index (χ2v) is 9.35. The quantitative estimate of drug-likeness (QED) is 0.255. The summed E-state index contributed by atoms with van der Waals surface area (Å²) in [6.45, 7) is 7.97. The number of aromatic nitrogens is 2. The topological polar surface area (TPSA) is 61.2 Å².